The maximum atomic E-state index is 11.1. The highest BCUT2D eigenvalue weighted by Gasteiger charge is 2.38. The van der Waals surface area contributed by atoms with Gasteiger partial charge in [0, 0.05) is 0 Å². The van der Waals surface area contributed by atoms with Gasteiger partial charge in [0.15, 0.2) is 0 Å². The van der Waals surface area contributed by atoms with Crippen LogP contribution in [-0.4, -0.2) is 25.7 Å². The molecule has 0 aromatic heterocycles. The Kier molecular flexibility index (Phi) is 5.88. The number of carbonyl (C=O) groups is 1. The predicted molar refractivity (Wildman–Crippen MR) is 76.9 cm³/mol. The second kappa shape index (κ2) is 7.25. The van der Waals surface area contributed by atoms with E-state index in [0.29, 0.717) is 0 Å². The van der Waals surface area contributed by atoms with Crippen molar-refractivity contribution in [1.29, 1.82) is 0 Å². The van der Waals surface area contributed by atoms with Crippen molar-refractivity contribution in [2.24, 2.45) is 5.14 Å². The minimum Gasteiger partial charge on any atom is -0.475 e. The van der Waals surface area contributed by atoms with Crippen LogP contribution in [0.2, 0.25) is 0 Å². The van der Waals surface area contributed by atoms with E-state index in [2.05, 4.69) is 0 Å². The van der Waals surface area contributed by atoms with E-state index < -0.39 is 22.2 Å². The quantitative estimate of drug-likeness (QED) is 0.872. The Labute approximate surface area is 130 Å². The molecule has 2 aromatic rings. The molecule has 3 N–H and O–H groups in total. The normalized spacial score (nSPS) is 11.3. The summed E-state index contributed by atoms with van der Waals surface area (Å²) in [6.07, 6.45) is -5.08. The standard InChI is InChI=1S/C12H11NO2S.C2HF3O2/c13-16(14,15)12-8-6-11(7-9-12)10-4-2-1-3-5-10;3-2(4,5)1(6)7/h1-9H,(H2,13,14,15);(H,6,7). The number of alkyl halides is 3. The number of hydrogen-bond acceptors (Lipinski definition) is 3. The Morgan fingerprint density at radius 3 is 1.65 bits per heavy atom. The molecule has 0 aliphatic heterocycles. The molecular weight excluding hydrogens is 335 g/mol. The van der Waals surface area contributed by atoms with Crippen molar-refractivity contribution in [3.63, 3.8) is 0 Å². The second-order valence-corrected chi connectivity index (χ2v) is 5.80. The van der Waals surface area contributed by atoms with E-state index in [1.165, 1.54) is 12.1 Å². The number of nitrogens with two attached hydrogens (primary N) is 1. The van der Waals surface area contributed by atoms with Crippen molar-refractivity contribution in [2.75, 3.05) is 0 Å². The lowest BCUT2D eigenvalue weighted by molar-refractivity contribution is -0.192. The van der Waals surface area contributed by atoms with Gasteiger partial charge in [0.2, 0.25) is 10.0 Å². The van der Waals surface area contributed by atoms with E-state index in [-0.39, 0.29) is 4.90 Å². The summed E-state index contributed by atoms with van der Waals surface area (Å²) in [5.41, 5.74) is 2.01. The molecule has 0 saturated carbocycles. The molecule has 0 aliphatic rings. The Bertz CT molecular complexity index is 757. The predicted octanol–water partition coefficient (Wildman–Crippen LogP) is 2.63. The first-order chi connectivity index (χ1) is 10.5. The zero-order valence-corrected chi connectivity index (χ0v) is 12.3. The Hall–Kier alpha value is -2.39. The minimum absolute atomic E-state index is 0.132. The van der Waals surface area contributed by atoms with Gasteiger partial charge >= 0.3 is 12.1 Å². The van der Waals surface area contributed by atoms with Crippen LogP contribution < -0.4 is 5.14 Å². The topological polar surface area (TPSA) is 97.5 Å². The van der Waals surface area contributed by atoms with Gasteiger partial charge in [-0.05, 0) is 23.3 Å². The van der Waals surface area contributed by atoms with Crippen LogP contribution in [-0.2, 0) is 14.8 Å². The first kappa shape index (κ1) is 18.7. The van der Waals surface area contributed by atoms with Crippen LogP contribution in [0.4, 0.5) is 13.2 Å². The molecule has 0 heterocycles. The molecule has 23 heavy (non-hydrogen) atoms. The van der Waals surface area contributed by atoms with E-state index in [9.17, 15) is 21.6 Å². The Balaban J connectivity index is 0.000000322. The van der Waals surface area contributed by atoms with Gasteiger partial charge in [-0.1, -0.05) is 42.5 Å². The highest BCUT2D eigenvalue weighted by Crippen LogP contribution is 2.20. The number of benzene rings is 2. The lowest BCUT2D eigenvalue weighted by Gasteiger charge is -2.02. The minimum atomic E-state index is -5.08. The summed E-state index contributed by atoms with van der Waals surface area (Å²) in [5, 5.41) is 12.1. The van der Waals surface area contributed by atoms with Crippen LogP contribution in [0.3, 0.4) is 0 Å². The summed E-state index contributed by atoms with van der Waals surface area (Å²) in [6.45, 7) is 0. The van der Waals surface area contributed by atoms with Crippen molar-refractivity contribution in [2.45, 2.75) is 11.1 Å². The van der Waals surface area contributed by atoms with E-state index >= 15 is 0 Å². The number of carboxylic acids is 1. The van der Waals surface area contributed by atoms with E-state index in [0.717, 1.165) is 11.1 Å². The molecule has 0 spiro atoms. The third kappa shape index (κ3) is 6.09. The summed E-state index contributed by atoms with van der Waals surface area (Å²) in [7, 11) is -3.60. The number of carboxylic acid groups (broad SMARTS) is 1. The molecule has 0 saturated heterocycles. The van der Waals surface area contributed by atoms with Gasteiger partial charge < -0.3 is 5.11 Å². The molecule has 2 rings (SSSR count). The van der Waals surface area contributed by atoms with Gasteiger partial charge in [0.05, 0.1) is 4.90 Å². The van der Waals surface area contributed by atoms with Crippen LogP contribution in [0.5, 0.6) is 0 Å². The first-order valence-electron chi connectivity index (χ1n) is 6.00. The number of sulfonamides is 1. The van der Waals surface area contributed by atoms with Crippen molar-refractivity contribution in [3.8, 4) is 11.1 Å². The van der Waals surface area contributed by atoms with Crippen LogP contribution in [0.1, 0.15) is 0 Å². The zero-order valence-electron chi connectivity index (χ0n) is 11.5. The lowest BCUT2D eigenvalue weighted by Crippen LogP contribution is -2.21. The zero-order chi connectivity index (χ0) is 17.7. The van der Waals surface area contributed by atoms with E-state index in [1.807, 2.05) is 30.3 Å². The number of halogens is 3. The average molecular weight is 347 g/mol. The van der Waals surface area contributed by atoms with E-state index in [1.54, 1.807) is 12.1 Å². The summed E-state index contributed by atoms with van der Waals surface area (Å²) < 4.78 is 53.9. The van der Waals surface area contributed by atoms with Crippen LogP contribution in [0.25, 0.3) is 11.1 Å². The Morgan fingerprint density at radius 1 is 0.913 bits per heavy atom. The monoisotopic (exact) mass is 347 g/mol. The van der Waals surface area contributed by atoms with Gasteiger partial charge in [-0.2, -0.15) is 13.2 Å². The molecule has 0 radical (unpaired) electrons. The maximum Gasteiger partial charge on any atom is 0.490 e. The second-order valence-electron chi connectivity index (χ2n) is 4.24. The summed E-state index contributed by atoms with van der Waals surface area (Å²) in [4.78, 5) is 9.03. The van der Waals surface area contributed by atoms with Gasteiger partial charge in [-0.25, -0.2) is 18.4 Å². The van der Waals surface area contributed by atoms with Gasteiger partial charge in [-0.15, -0.1) is 0 Å². The molecule has 2 aromatic carbocycles. The summed E-state index contributed by atoms with van der Waals surface area (Å²) in [6, 6.07) is 16.2. The fraction of sp³-hybridized carbons (Fsp3) is 0.0714. The molecule has 9 heteroatoms. The molecule has 0 atom stereocenters. The number of primary sulfonamides is 1. The van der Waals surface area contributed by atoms with Gasteiger partial charge in [0.1, 0.15) is 0 Å². The van der Waals surface area contributed by atoms with Crippen LogP contribution in [0.15, 0.2) is 59.5 Å². The van der Waals surface area contributed by atoms with Crippen LogP contribution in [0, 0.1) is 0 Å². The third-order valence-corrected chi connectivity index (χ3v) is 3.46. The lowest BCUT2D eigenvalue weighted by atomic mass is 10.1. The molecule has 0 amide bonds. The van der Waals surface area contributed by atoms with Gasteiger partial charge in [0.25, 0.3) is 0 Å². The van der Waals surface area contributed by atoms with Crippen molar-refractivity contribution in [3.05, 3.63) is 54.6 Å². The molecular formula is C14H12F3NO4S. The molecule has 0 unspecified atom stereocenters. The third-order valence-electron chi connectivity index (χ3n) is 2.53. The van der Waals surface area contributed by atoms with Crippen LogP contribution >= 0.6 is 0 Å². The molecule has 5 nitrogen and oxygen atoms in total. The Morgan fingerprint density at radius 2 is 1.30 bits per heavy atom. The highest BCUT2D eigenvalue weighted by molar-refractivity contribution is 7.89. The number of hydrogen-bond donors (Lipinski definition) is 2. The maximum absolute atomic E-state index is 11.1. The smallest absolute Gasteiger partial charge is 0.475 e. The number of aliphatic carboxylic acids is 1. The summed E-state index contributed by atoms with van der Waals surface area (Å²) in [5.74, 6) is -2.76. The number of rotatable bonds is 2. The van der Waals surface area contributed by atoms with Gasteiger partial charge in [-0.3, -0.25) is 0 Å². The highest BCUT2D eigenvalue weighted by atomic mass is 32.2. The largest absolute Gasteiger partial charge is 0.490 e. The SMILES string of the molecule is NS(=O)(=O)c1ccc(-c2ccccc2)cc1.O=C(O)C(F)(F)F. The summed E-state index contributed by atoms with van der Waals surface area (Å²) >= 11 is 0. The first-order valence-corrected chi connectivity index (χ1v) is 7.55. The molecule has 0 fully saturated rings. The van der Waals surface area contributed by atoms with E-state index in [4.69, 9.17) is 15.0 Å². The fourth-order valence-corrected chi connectivity index (χ4v) is 1.98. The fourth-order valence-electron chi connectivity index (χ4n) is 1.47. The van der Waals surface area contributed by atoms with Crippen molar-refractivity contribution < 1.29 is 31.5 Å². The molecule has 124 valence electrons. The molecule has 0 bridgehead atoms. The molecule has 0 aliphatic carbocycles. The average Bonchev–Trinajstić information content (AvgIpc) is 2.47. The van der Waals surface area contributed by atoms with Crippen molar-refractivity contribution >= 4 is 16.0 Å². The van der Waals surface area contributed by atoms with Crippen molar-refractivity contribution in [1.82, 2.24) is 0 Å².